The molecule has 34 heavy (non-hydrogen) atoms. The first kappa shape index (κ1) is 27.1. The third kappa shape index (κ3) is 6.21. The molecule has 2 aromatic rings. The van der Waals surface area contributed by atoms with Gasteiger partial charge in [-0.2, -0.15) is 0 Å². The Kier molecular flexibility index (Phi) is 9.97. The van der Waals surface area contributed by atoms with Crippen molar-refractivity contribution in [3.8, 4) is 11.1 Å². The lowest BCUT2D eigenvalue weighted by Crippen LogP contribution is -2.53. The third-order valence-corrected chi connectivity index (χ3v) is 7.82. The van der Waals surface area contributed by atoms with Gasteiger partial charge in [0.05, 0.1) is 24.1 Å². The van der Waals surface area contributed by atoms with Gasteiger partial charge in [0, 0.05) is 35.6 Å². The molecule has 2 atom stereocenters. The number of rotatable bonds is 12. The molecule has 0 spiro atoms. The molecule has 2 N–H and O–H groups in total. The Bertz CT molecular complexity index is 941. The molecule has 1 aromatic carbocycles. The van der Waals surface area contributed by atoms with Crippen LogP contribution in [0.25, 0.3) is 11.1 Å². The standard InChI is InChI=1S/C26H36BrN3O3S/c1-18(2)32-15-5-14-30-25(31)17-34-26(30,24(10-12-28)33-19(3)4)23-16-29-13-11-22(23)20-6-8-21(27)9-7-20/h6-9,11,13,16,18-19,24H,5,10,12,14-15,17,28H2,1-4H3. The SMILES string of the molecule is CC(C)OCCCN1C(=O)CSC1(c1cnccc1-c1ccc(Br)cc1)C(CCN)OC(C)C. The van der Waals surface area contributed by atoms with Crippen molar-refractivity contribution >= 4 is 33.6 Å². The lowest BCUT2D eigenvalue weighted by molar-refractivity contribution is -0.137. The molecule has 1 amide bonds. The molecule has 1 aliphatic rings. The second-order valence-corrected chi connectivity index (χ2v) is 11.1. The van der Waals surface area contributed by atoms with E-state index in [4.69, 9.17) is 15.2 Å². The fourth-order valence-corrected chi connectivity index (χ4v) is 6.20. The summed E-state index contributed by atoms with van der Waals surface area (Å²) in [6.07, 6.45) is 4.95. The molecule has 1 fully saturated rings. The average molecular weight is 551 g/mol. The fourth-order valence-electron chi connectivity index (χ4n) is 4.41. The summed E-state index contributed by atoms with van der Waals surface area (Å²) in [6.45, 7) is 9.74. The van der Waals surface area contributed by atoms with Crippen LogP contribution in [0.1, 0.15) is 46.1 Å². The fraction of sp³-hybridized carbons (Fsp3) is 0.538. The van der Waals surface area contributed by atoms with Gasteiger partial charge in [-0.15, -0.1) is 11.8 Å². The van der Waals surface area contributed by atoms with Gasteiger partial charge >= 0.3 is 0 Å². The highest BCUT2D eigenvalue weighted by Gasteiger charge is 2.54. The monoisotopic (exact) mass is 549 g/mol. The van der Waals surface area contributed by atoms with Crippen molar-refractivity contribution in [1.82, 2.24) is 9.88 Å². The minimum absolute atomic E-state index is 0.0105. The number of halogens is 1. The molecule has 6 nitrogen and oxygen atoms in total. The van der Waals surface area contributed by atoms with Gasteiger partial charge in [-0.25, -0.2) is 0 Å². The summed E-state index contributed by atoms with van der Waals surface area (Å²) >= 11 is 5.16. The first-order chi connectivity index (χ1) is 16.3. The predicted octanol–water partition coefficient (Wildman–Crippen LogP) is 5.20. The molecule has 1 aromatic heterocycles. The lowest BCUT2D eigenvalue weighted by Gasteiger charge is -2.45. The van der Waals surface area contributed by atoms with Crippen molar-refractivity contribution in [2.75, 3.05) is 25.4 Å². The maximum Gasteiger partial charge on any atom is 0.234 e. The number of carbonyl (C=O) groups is 1. The summed E-state index contributed by atoms with van der Waals surface area (Å²) in [7, 11) is 0. The van der Waals surface area contributed by atoms with E-state index in [1.165, 1.54) is 0 Å². The molecule has 2 unspecified atom stereocenters. The lowest BCUT2D eigenvalue weighted by atomic mass is 9.90. The van der Waals surface area contributed by atoms with Crippen LogP contribution in [0.15, 0.2) is 47.2 Å². The molecule has 0 saturated carbocycles. The maximum absolute atomic E-state index is 13.3. The number of aromatic nitrogens is 1. The average Bonchev–Trinajstić information content (AvgIpc) is 3.13. The van der Waals surface area contributed by atoms with Crippen LogP contribution in [0.4, 0.5) is 0 Å². The number of nitrogens with zero attached hydrogens (tertiary/aromatic N) is 2. The topological polar surface area (TPSA) is 77.7 Å². The largest absolute Gasteiger partial charge is 0.379 e. The normalized spacial score (nSPS) is 19.4. The Hall–Kier alpha value is -1.45. The molecule has 1 aliphatic heterocycles. The summed E-state index contributed by atoms with van der Waals surface area (Å²) in [5.74, 6) is 0.497. The highest BCUT2D eigenvalue weighted by Crippen LogP contribution is 2.52. The summed E-state index contributed by atoms with van der Waals surface area (Å²) in [6, 6.07) is 10.3. The van der Waals surface area contributed by atoms with Crippen LogP contribution >= 0.6 is 27.7 Å². The van der Waals surface area contributed by atoms with Gasteiger partial charge in [0.15, 0.2) is 0 Å². The van der Waals surface area contributed by atoms with E-state index in [1.807, 2.05) is 57.0 Å². The van der Waals surface area contributed by atoms with Crippen LogP contribution in [0, 0.1) is 0 Å². The summed E-state index contributed by atoms with van der Waals surface area (Å²) in [4.78, 5) is 19.1. The van der Waals surface area contributed by atoms with Crippen LogP contribution < -0.4 is 5.73 Å². The first-order valence-corrected chi connectivity index (χ1v) is 13.7. The second-order valence-electron chi connectivity index (χ2n) is 8.98. The Morgan fingerprint density at radius 3 is 2.56 bits per heavy atom. The number of amides is 1. The maximum atomic E-state index is 13.3. The zero-order valence-electron chi connectivity index (χ0n) is 20.5. The summed E-state index contributed by atoms with van der Waals surface area (Å²) in [5.41, 5.74) is 9.17. The van der Waals surface area contributed by atoms with Gasteiger partial charge in [0.25, 0.3) is 0 Å². The van der Waals surface area contributed by atoms with Gasteiger partial charge in [-0.1, -0.05) is 28.1 Å². The van der Waals surface area contributed by atoms with E-state index in [9.17, 15) is 4.79 Å². The number of thioether (sulfide) groups is 1. The minimum Gasteiger partial charge on any atom is -0.379 e. The molecule has 0 radical (unpaired) electrons. The van der Waals surface area contributed by atoms with E-state index >= 15 is 0 Å². The van der Waals surface area contributed by atoms with Crippen molar-refractivity contribution in [2.45, 2.75) is 63.7 Å². The highest BCUT2D eigenvalue weighted by atomic mass is 79.9. The molecule has 1 saturated heterocycles. The predicted molar refractivity (Wildman–Crippen MR) is 143 cm³/mol. The Balaban J connectivity index is 2.13. The van der Waals surface area contributed by atoms with Gasteiger partial charge < -0.3 is 20.1 Å². The minimum atomic E-state index is -0.727. The molecule has 3 rings (SSSR count). The number of ether oxygens (including phenoxy) is 2. The van der Waals surface area contributed by atoms with Crippen molar-refractivity contribution in [2.24, 2.45) is 5.73 Å². The molecular weight excluding hydrogens is 514 g/mol. The summed E-state index contributed by atoms with van der Waals surface area (Å²) < 4.78 is 13.3. The molecule has 8 heteroatoms. The third-order valence-electron chi connectivity index (χ3n) is 5.76. The molecule has 2 heterocycles. The summed E-state index contributed by atoms with van der Waals surface area (Å²) in [5, 5.41) is 0. The van der Waals surface area contributed by atoms with Crippen molar-refractivity contribution in [3.63, 3.8) is 0 Å². The van der Waals surface area contributed by atoms with Crippen LogP contribution in [0.3, 0.4) is 0 Å². The number of hydrogen-bond acceptors (Lipinski definition) is 6. The number of nitrogens with two attached hydrogens (primary N) is 1. The smallest absolute Gasteiger partial charge is 0.234 e. The number of carbonyl (C=O) groups excluding carboxylic acids is 1. The van der Waals surface area contributed by atoms with Crippen LogP contribution in [0.5, 0.6) is 0 Å². The van der Waals surface area contributed by atoms with Crippen molar-refractivity contribution < 1.29 is 14.3 Å². The van der Waals surface area contributed by atoms with Crippen LogP contribution in [0.2, 0.25) is 0 Å². The van der Waals surface area contributed by atoms with E-state index < -0.39 is 4.87 Å². The van der Waals surface area contributed by atoms with Crippen molar-refractivity contribution in [1.29, 1.82) is 0 Å². The Morgan fingerprint density at radius 2 is 1.91 bits per heavy atom. The highest BCUT2D eigenvalue weighted by molar-refractivity contribution is 9.10. The van der Waals surface area contributed by atoms with Crippen LogP contribution in [-0.2, 0) is 19.1 Å². The first-order valence-electron chi connectivity index (χ1n) is 11.9. The Labute approximate surface area is 216 Å². The molecular formula is C26H36BrN3O3S. The van der Waals surface area contributed by atoms with Crippen molar-refractivity contribution in [3.05, 3.63) is 52.8 Å². The molecule has 0 aliphatic carbocycles. The van der Waals surface area contributed by atoms with Gasteiger partial charge in [0.1, 0.15) is 4.87 Å². The zero-order chi connectivity index (χ0) is 24.7. The zero-order valence-corrected chi connectivity index (χ0v) is 22.9. The van der Waals surface area contributed by atoms with E-state index in [2.05, 4.69) is 33.0 Å². The number of pyridine rings is 1. The Morgan fingerprint density at radius 1 is 1.18 bits per heavy atom. The van der Waals surface area contributed by atoms with Crippen LogP contribution in [-0.4, -0.2) is 59.6 Å². The van der Waals surface area contributed by atoms with Gasteiger partial charge in [0.2, 0.25) is 5.91 Å². The molecule has 186 valence electrons. The van der Waals surface area contributed by atoms with Gasteiger partial charge in [-0.05, 0) is 76.4 Å². The number of hydrogen-bond donors (Lipinski definition) is 1. The quantitative estimate of drug-likeness (QED) is 0.367. The molecule has 0 bridgehead atoms. The van der Waals surface area contributed by atoms with E-state index in [1.54, 1.807) is 18.0 Å². The number of benzene rings is 1. The second kappa shape index (κ2) is 12.5. The van der Waals surface area contributed by atoms with E-state index in [0.29, 0.717) is 31.9 Å². The van der Waals surface area contributed by atoms with Gasteiger partial charge in [-0.3, -0.25) is 9.78 Å². The van der Waals surface area contributed by atoms with E-state index in [-0.39, 0.29) is 24.2 Å². The van der Waals surface area contributed by atoms with E-state index in [0.717, 1.165) is 27.6 Å².